The number of fused-ring (bicyclic) bond motifs is 1. The smallest absolute Gasteiger partial charge is 0.0763 e. The lowest BCUT2D eigenvalue weighted by molar-refractivity contribution is 0.0989. The van der Waals surface area contributed by atoms with Gasteiger partial charge in [-0.2, -0.15) is 0 Å². The van der Waals surface area contributed by atoms with Crippen molar-refractivity contribution in [2.24, 2.45) is 17.3 Å². The van der Waals surface area contributed by atoms with Crippen molar-refractivity contribution in [3.63, 3.8) is 0 Å². The highest BCUT2D eigenvalue weighted by molar-refractivity contribution is 5.28. The summed E-state index contributed by atoms with van der Waals surface area (Å²) in [6, 6.07) is 0. The Hall–Kier alpha value is -0.600. The maximum atomic E-state index is 10.4. The average Bonchev–Trinajstić information content (AvgIpc) is 2.51. The Morgan fingerprint density at radius 3 is 2.95 bits per heavy atom. The molecule has 1 saturated carbocycles. The summed E-state index contributed by atoms with van der Waals surface area (Å²) < 4.78 is 5.80. The molecule has 0 aliphatic heterocycles. The van der Waals surface area contributed by atoms with E-state index in [1.165, 1.54) is 18.4 Å². The molecule has 0 aromatic rings. The highest BCUT2D eigenvalue weighted by Crippen LogP contribution is 2.54. The van der Waals surface area contributed by atoms with E-state index in [0.29, 0.717) is 18.4 Å². The average molecular weight is 264 g/mol. The third kappa shape index (κ3) is 2.80. The quantitative estimate of drug-likeness (QED) is 0.784. The molecule has 2 aliphatic rings. The van der Waals surface area contributed by atoms with Crippen molar-refractivity contribution in [1.29, 1.82) is 0 Å². The van der Waals surface area contributed by atoms with E-state index < -0.39 is 0 Å². The van der Waals surface area contributed by atoms with Gasteiger partial charge in [0.1, 0.15) is 0 Å². The summed E-state index contributed by atoms with van der Waals surface area (Å²) in [7, 11) is 0. The Morgan fingerprint density at radius 2 is 2.32 bits per heavy atom. The van der Waals surface area contributed by atoms with E-state index >= 15 is 0 Å². The molecule has 2 rings (SSSR count). The number of aliphatic hydroxyl groups is 1. The molecule has 1 N–H and O–H groups in total. The van der Waals surface area contributed by atoms with E-state index in [9.17, 15) is 5.11 Å². The maximum Gasteiger partial charge on any atom is 0.0763 e. The summed E-state index contributed by atoms with van der Waals surface area (Å²) in [6.45, 7) is 11.2. The van der Waals surface area contributed by atoms with E-state index in [2.05, 4.69) is 33.4 Å². The van der Waals surface area contributed by atoms with Crippen molar-refractivity contribution in [2.75, 3.05) is 6.61 Å². The van der Waals surface area contributed by atoms with Gasteiger partial charge in [0, 0.05) is 0 Å². The molecule has 19 heavy (non-hydrogen) atoms. The fourth-order valence-electron chi connectivity index (χ4n) is 4.14. The Kier molecular flexibility index (Phi) is 4.52. The molecule has 0 heterocycles. The van der Waals surface area contributed by atoms with E-state index in [0.717, 1.165) is 12.8 Å². The third-order valence-corrected chi connectivity index (χ3v) is 5.10. The molecular weight excluding hydrogens is 236 g/mol. The fourth-order valence-corrected chi connectivity index (χ4v) is 4.14. The molecule has 2 aliphatic carbocycles. The monoisotopic (exact) mass is 264 g/mol. The van der Waals surface area contributed by atoms with Gasteiger partial charge in [-0.15, -0.1) is 6.58 Å². The maximum absolute atomic E-state index is 10.4. The van der Waals surface area contributed by atoms with Crippen molar-refractivity contribution < 1.29 is 9.84 Å². The summed E-state index contributed by atoms with van der Waals surface area (Å²) in [4.78, 5) is 0. The molecule has 108 valence electrons. The molecular formula is C17H28O2. The molecule has 0 saturated heterocycles. The van der Waals surface area contributed by atoms with Gasteiger partial charge in [0.05, 0.1) is 18.8 Å². The van der Waals surface area contributed by atoms with Gasteiger partial charge >= 0.3 is 0 Å². The van der Waals surface area contributed by atoms with Gasteiger partial charge in [-0.05, 0) is 48.5 Å². The van der Waals surface area contributed by atoms with Crippen LogP contribution in [-0.2, 0) is 4.74 Å². The largest absolute Gasteiger partial charge is 0.389 e. The molecule has 0 amide bonds. The first-order chi connectivity index (χ1) is 8.99. The summed E-state index contributed by atoms with van der Waals surface area (Å²) in [5.74, 6) is 1.21. The zero-order chi connectivity index (χ0) is 14.0. The van der Waals surface area contributed by atoms with Crippen molar-refractivity contribution in [1.82, 2.24) is 0 Å². The van der Waals surface area contributed by atoms with Gasteiger partial charge in [-0.1, -0.05) is 32.9 Å². The van der Waals surface area contributed by atoms with Crippen LogP contribution in [0.15, 0.2) is 24.3 Å². The second kappa shape index (κ2) is 5.80. The molecule has 0 aromatic carbocycles. The fraction of sp³-hybridized carbons (Fsp3) is 0.765. The lowest BCUT2D eigenvalue weighted by Crippen LogP contribution is -2.27. The first kappa shape index (κ1) is 14.8. The van der Waals surface area contributed by atoms with Gasteiger partial charge < -0.3 is 9.84 Å². The number of ether oxygens (including phenoxy) is 1. The highest BCUT2D eigenvalue weighted by atomic mass is 16.5. The van der Waals surface area contributed by atoms with Crippen molar-refractivity contribution in [2.45, 2.75) is 58.7 Å². The normalized spacial score (nSPS) is 38.8. The molecule has 0 bridgehead atoms. The van der Waals surface area contributed by atoms with Crippen LogP contribution in [0.5, 0.6) is 0 Å². The van der Waals surface area contributed by atoms with Crippen molar-refractivity contribution >= 4 is 0 Å². The van der Waals surface area contributed by atoms with Gasteiger partial charge in [0.2, 0.25) is 0 Å². The highest BCUT2D eigenvalue weighted by Gasteiger charge is 2.49. The van der Waals surface area contributed by atoms with Crippen LogP contribution in [0, 0.1) is 17.3 Å². The van der Waals surface area contributed by atoms with Gasteiger partial charge in [-0.3, -0.25) is 0 Å². The Morgan fingerprint density at radius 1 is 1.58 bits per heavy atom. The van der Waals surface area contributed by atoms with Crippen LogP contribution in [0.2, 0.25) is 0 Å². The second-order valence-corrected chi connectivity index (χ2v) is 6.69. The van der Waals surface area contributed by atoms with Crippen LogP contribution in [-0.4, -0.2) is 23.9 Å². The Labute approximate surface area is 117 Å². The summed E-state index contributed by atoms with van der Waals surface area (Å²) >= 11 is 0. The van der Waals surface area contributed by atoms with Gasteiger partial charge in [-0.25, -0.2) is 0 Å². The predicted octanol–water partition coefficient (Wildman–Crippen LogP) is 3.71. The molecule has 0 spiro atoms. The van der Waals surface area contributed by atoms with Crippen LogP contribution >= 0.6 is 0 Å². The molecule has 2 nitrogen and oxygen atoms in total. The second-order valence-electron chi connectivity index (χ2n) is 6.69. The zero-order valence-corrected chi connectivity index (χ0v) is 12.6. The molecule has 0 radical (unpaired) electrons. The standard InChI is InChI=1S/C17H28O2/c1-5-9-19-13-7-6-8-17(4)14(12(2)3)11-16(18)15(17)10-13/h5,10,12-14,16,18H,1,6-9,11H2,2-4H3/t13-,14+,16-,17+/m0/s1. The van der Waals surface area contributed by atoms with Gasteiger partial charge in [0.15, 0.2) is 0 Å². The molecule has 0 unspecified atom stereocenters. The summed E-state index contributed by atoms with van der Waals surface area (Å²) in [5.41, 5.74) is 1.40. The number of rotatable bonds is 4. The van der Waals surface area contributed by atoms with Gasteiger partial charge in [0.25, 0.3) is 0 Å². The van der Waals surface area contributed by atoms with Crippen LogP contribution in [0.3, 0.4) is 0 Å². The topological polar surface area (TPSA) is 29.5 Å². The summed E-state index contributed by atoms with van der Waals surface area (Å²) in [5, 5.41) is 10.4. The molecule has 4 atom stereocenters. The lowest BCUT2D eigenvalue weighted by Gasteiger charge is -2.34. The van der Waals surface area contributed by atoms with E-state index in [1.807, 2.05) is 0 Å². The van der Waals surface area contributed by atoms with Crippen LogP contribution in [0.25, 0.3) is 0 Å². The predicted molar refractivity (Wildman–Crippen MR) is 78.9 cm³/mol. The minimum atomic E-state index is -0.273. The Balaban J connectivity index is 2.25. The first-order valence-electron chi connectivity index (χ1n) is 7.61. The van der Waals surface area contributed by atoms with Crippen molar-refractivity contribution in [3.8, 4) is 0 Å². The molecule has 0 aromatic heterocycles. The zero-order valence-electron chi connectivity index (χ0n) is 12.6. The lowest BCUT2D eigenvalue weighted by atomic mass is 9.70. The first-order valence-corrected chi connectivity index (χ1v) is 7.61. The molecule has 2 heteroatoms. The SMILES string of the molecule is C=CCO[C@@H]1C=C2[C@@H](O)C[C@H](C(C)C)[C@@]2(C)CCC1. The van der Waals surface area contributed by atoms with E-state index in [4.69, 9.17) is 4.74 Å². The number of hydrogen-bond acceptors (Lipinski definition) is 2. The number of hydrogen-bond donors (Lipinski definition) is 1. The molecule has 1 fully saturated rings. The van der Waals surface area contributed by atoms with Crippen LogP contribution in [0.4, 0.5) is 0 Å². The van der Waals surface area contributed by atoms with E-state index in [1.54, 1.807) is 6.08 Å². The minimum absolute atomic E-state index is 0.149. The van der Waals surface area contributed by atoms with E-state index in [-0.39, 0.29) is 17.6 Å². The number of aliphatic hydroxyl groups excluding tert-OH is 1. The third-order valence-electron chi connectivity index (χ3n) is 5.10. The minimum Gasteiger partial charge on any atom is -0.389 e. The van der Waals surface area contributed by atoms with Crippen molar-refractivity contribution in [3.05, 3.63) is 24.3 Å². The van der Waals surface area contributed by atoms with Crippen LogP contribution < -0.4 is 0 Å². The van der Waals surface area contributed by atoms with Crippen LogP contribution in [0.1, 0.15) is 46.5 Å². The summed E-state index contributed by atoms with van der Waals surface area (Å²) in [6.07, 6.45) is 8.20. The Bertz CT molecular complexity index is 358.